The molecule has 8 heteroatoms. The lowest BCUT2D eigenvalue weighted by atomic mass is 10.2. The number of thiophene rings is 1. The molecule has 4 aromatic rings. The molecule has 0 spiro atoms. The summed E-state index contributed by atoms with van der Waals surface area (Å²) in [5.74, 6) is 0.131. The maximum absolute atomic E-state index is 13.2. The summed E-state index contributed by atoms with van der Waals surface area (Å²) in [5, 5.41) is 3.08. The number of fused-ring (bicyclic) bond motifs is 1. The molecule has 5 heterocycles. The van der Waals surface area contributed by atoms with Crippen LogP contribution in [0, 0.1) is 13.8 Å². The van der Waals surface area contributed by atoms with Crippen molar-refractivity contribution in [3.05, 3.63) is 63.7 Å². The van der Waals surface area contributed by atoms with Gasteiger partial charge in [0.25, 0.3) is 5.91 Å². The molecule has 154 valence electrons. The van der Waals surface area contributed by atoms with E-state index in [1.54, 1.807) is 28.9 Å². The van der Waals surface area contributed by atoms with Crippen molar-refractivity contribution in [2.24, 2.45) is 0 Å². The summed E-state index contributed by atoms with van der Waals surface area (Å²) in [6, 6.07) is 10.2. The number of pyridine rings is 1. The lowest BCUT2D eigenvalue weighted by molar-refractivity contribution is 0.0746. The Labute approximate surface area is 183 Å². The number of piperazine rings is 1. The molecule has 5 rings (SSSR count). The van der Waals surface area contributed by atoms with Gasteiger partial charge in [-0.3, -0.25) is 4.79 Å². The highest BCUT2D eigenvalue weighted by Crippen LogP contribution is 2.28. The quantitative estimate of drug-likeness (QED) is 0.481. The highest BCUT2D eigenvalue weighted by atomic mass is 32.1. The molecule has 1 saturated heterocycles. The summed E-state index contributed by atoms with van der Waals surface area (Å²) in [6.07, 6.45) is 1.80. The van der Waals surface area contributed by atoms with Crippen molar-refractivity contribution in [2.75, 3.05) is 31.1 Å². The minimum absolute atomic E-state index is 0.131. The van der Waals surface area contributed by atoms with Crippen LogP contribution >= 0.6 is 22.7 Å². The third-order valence-corrected chi connectivity index (χ3v) is 7.59. The third-order valence-electron chi connectivity index (χ3n) is 5.69. The fourth-order valence-corrected chi connectivity index (χ4v) is 5.64. The van der Waals surface area contributed by atoms with Crippen LogP contribution in [0.3, 0.4) is 0 Å². The first-order valence-corrected chi connectivity index (χ1v) is 11.7. The van der Waals surface area contributed by atoms with Crippen LogP contribution in [-0.2, 0) is 6.54 Å². The van der Waals surface area contributed by atoms with E-state index in [-0.39, 0.29) is 5.91 Å². The minimum Gasteiger partial charge on any atom is -0.344 e. The Balaban J connectivity index is 1.29. The predicted molar refractivity (Wildman–Crippen MR) is 123 cm³/mol. The van der Waals surface area contributed by atoms with Crippen molar-refractivity contribution in [3.8, 4) is 0 Å². The van der Waals surface area contributed by atoms with Crippen molar-refractivity contribution in [1.29, 1.82) is 0 Å². The molecule has 0 N–H and O–H groups in total. The molecule has 0 aromatic carbocycles. The standard InChI is InChI=1S/C22H23N5OS2/c1-15-13-18(16(2)27(15)14-17-5-4-12-29-17)21(28)25-8-10-26(11-9-25)22-24-19-6-3-7-23-20(19)30-22/h3-7,12-13H,8-11,14H2,1-2H3. The molecule has 4 aromatic heterocycles. The number of rotatable bonds is 4. The number of hydrogen-bond acceptors (Lipinski definition) is 6. The maximum Gasteiger partial charge on any atom is 0.255 e. The summed E-state index contributed by atoms with van der Waals surface area (Å²) in [7, 11) is 0. The number of carbonyl (C=O) groups is 1. The second kappa shape index (κ2) is 7.85. The number of aromatic nitrogens is 3. The highest BCUT2D eigenvalue weighted by molar-refractivity contribution is 7.21. The van der Waals surface area contributed by atoms with Crippen LogP contribution in [0.15, 0.2) is 41.9 Å². The van der Waals surface area contributed by atoms with Gasteiger partial charge in [-0.2, -0.15) is 0 Å². The van der Waals surface area contributed by atoms with Gasteiger partial charge in [0, 0.05) is 48.6 Å². The Hall–Kier alpha value is -2.71. The van der Waals surface area contributed by atoms with E-state index in [2.05, 4.69) is 45.8 Å². The molecule has 1 amide bonds. The lowest BCUT2D eigenvalue weighted by Crippen LogP contribution is -2.48. The van der Waals surface area contributed by atoms with Gasteiger partial charge < -0.3 is 14.4 Å². The number of thiazole rings is 1. The summed E-state index contributed by atoms with van der Waals surface area (Å²) < 4.78 is 2.24. The summed E-state index contributed by atoms with van der Waals surface area (Å²) in [5.41, 5.74) is 3.94. The number of aryl methyl sites for hydroxylation is 1. The van der Waals surface area contributed by atoms with Gasteiger partial charge in [-0.15, -0.1) is 11.3 Å². The first-order chi connectivity index (χ1) is 14.6. The van der Waals surface area contributed by atoms with Gasteiger partial charge in [0.1, 0.15) is 10.3 Å². The molecule has 30 heavy (non-hydrogen) atoms. The Morgan fingerprint density at radius 2 is 1.97 bits per heavy atom. The summed E-state index contributed by atoms with van der Waals surface area (Å²) >= 11 is 3.37. The van der Waals surface area contributed by atoms with E-state index >= 15 is 0 Å². The van der Waals surface area contributed by atoms with E-state index in [9.17, 15) is 4.79 Å². The average Bonchev–Trinajstić information content (AvgIpc) is 3.49. The van der Waals surface area contributed by atoms with E-state index in [0.717, 1.165) is 52.1 Å². The van der Waals surface area contributed by atoms with Crippen LogP contribution in [0.2, 0.25) is 0 Å². The van der Waals surface area contributed by atoms with Crippen molar-refractivity contribution < 1.29 is 4.79 Å². The molecule has 0 bridgehead atoms. The Morgan fingerprint density at radius 1 is 1.13 bits per heavy atom. The van der Waals surface area contributed by atoms with Gasteiger partial charge >= 0.3 is 0 Å². The zero-order valence-electron chi connectivity index (χ0n) is 17.0. The predicted octanol–water partition coefficient (Wildman–Crippen LogP) is 4.18. The fraction of sp³-hybridized carbons (Fsp3) is 0.318. The second-order valence-corrected chi connectivity index (χ2v) is 9.54. The van der Waals surface area contributed by atoms with E-state index < -0.39 is 0 Å². The fourth-order valence-electron chi connectivity index (χ4n) is 3.98. The zero-order valence-corrected chi connectivity index (χ0v) is 18.7. The van der Waals surface area contributed by atoms with Crippen LogP contribution in [0.25, 0.3) is 10.3 Å². The van der Waals surface area contributed by atoms with Gasteiger partial charge in [-0.25, -0.2) is 9.97 Å². The number of amides is 1. The molecule has 6 nitrogen and oxygen atoms in total. The molecular weight excluding hydrogens is 414 g/mol. The number of carbonyl (C=O) groups excluding carboxylic acids is 1. The summed E-state index contributed by atoms with van der Waals surface area (Å²) in [4.78, 5) is 28.8. The van der Waals surface area contributed by atoms with Gasteiger partial charge in [0.15, 0.2) is 5.13 Å². The van der Waals surface area contributed by atoms with E-state index in [1.807, 2.05) is 23.1 Å². The van der Waals surface area contributed by atoms with Crippen LogP contribution in [0.5, 0.6) is 0 Å². The Kier molecular flexibility index (Phi) is 5.04. The average molecular weight is 438 g/mol. The summed E-state index contributed by atoms with van der Waals surface area (Å²) in [6.45, 7) is 7.95. The van der Waals surface area contributed by atoms with Gasteiger partial charge in [-0.1, -0.05) is 17.4 Å². The van der Waals surface area contributed by atoms with Crippen LogP contribution in [0.1, 0.15) is 26.6 Å². The zero-order chi connectivity index (χ0) is 20.7. The molecular formula is C22H23N5OS2. The molecule has 1 aliphatic rings. The smallest absolute Gasteiger partial charge is 0.255 e. The first kappa shape index (κ1) is 19.3. The number of nitrogens with zero attached hydrogens (tertiary/aromatic N) is 5. The van der Waals surface area contributed by atoms with Crippen molar-refractivity contribution in [3.63, 3.8) is 0 Å². The maximum atomic E-state index is 13.2. The highest BCUT2D eigenvalue weighted by Gasteiger charge is 2.26. The molecule has 0 atom stereocenters. The largest absolute Gasteiger partial charge is 0.344 e. The third kappa shape index (κ3) is 3.50. The van der Waals surface area contributed by atoms with Crippen LogP contribution in [-0.4, -0.2) is 51.5 Å². The lowest BCUT2D eigenvalue weighted by Gasteiger charge is -2.34. The van der Waals surface area contributed by atoms with Crippen molar-refractivity contribution in [1.82, 2.24) is 19.4 Å². The Morgan fingerprint density at radius 3 is 2.70 bits per heavy atom. The van der Waals surface area contributed by atoms with Gasteiger partial charge in [0.2, 0.25) is 0 Å². The van der Waals surface area contributed by atoms with Gasteiger partial charge in [-0.05, 0) is 43.5 Å². The first-order valence-electron chi connectivity index (χ1n) is 10.0. The normalized spacial score (nSPS) is 14.6. The van der Waals surface area contributed by atoms with E-state index in [4.69, 9.17) is 4.98 Å². The number of anilines is 1. The van der Waals surface area contributed by atoms with Crippen molar-refractivity contribution in [2.45, 2.75) is 20.4 Å². The monoisotopic (exact) mass is 437 g/mol. The number of hydrogen-bond donors (Lipinski definition) is 0. The van der Waals surface area contributed by atoms with Crippen LogP contribution < -0.4 is 4.90 Å². The van der Waals surface area contributed by atoms with E-state index in [1.165, 1.54) is 4.88 Å². The van der Waals surface area contributed by atoms with E-state index in [0.29, 0.717) is 13.1 Å². The molecule has 0 radical (unpaired) electrons. The SMILES string of the molecule is Cc1cc(C(=O)N2CCN(c3nc4cccnc4s3)CC2)c(C)n1Cc1cccs1. The molecule has 1 aliphatic heterocycles. The molecule has 0 saturated carbocycles. The topological polar surface area (TPSA) is 54.3 Å². The van der Waals surface area contributed by atoms with Gasteiger partial charge in [0.05, 0.1) is 12.1 Å². The molecule has 1 fully saturated rings. The second-order valence-electron chi connectivity index (χ2n) is 7.55. The Bertz CT molecular complexity index is 1150. The minimum atomic E-state index is 0.131. The van der Waals surface area contributed by atoms with Crippen molar-refractivity contribution >= 4 is 44.1 Å². The van der Waals surface area contributed by atoms with Crippen LogP contribution in [0.4, 0.5) is 5.13 Å². The molecule has 0 aliphatic carbocycles. The molecule has 0 unspecified atom stereocenters.